The zero-order valence-corrected chi connectivity index (χ0v) is 12.7. The highest BCUT2D eigenvalue weighted by atomic mass is 15.3. The molecule has 6 nitrogen and oxygen atoms in total. The average molecular weight is 314 g/mol. The number of nitrogens with zero attached hydrogens (tertiary/aromatic N) is 5. The molecular formula is C18H14N6. The van der Waals surface area contributed by atoms with Crippen LogP contribution < -0.4 is 5.43 Å². The van der Waals surface area contributed by atoms with E-state index in [9.17, 15) is 0 Å². The van der Waals surface area contributed by atoms with Gasteiger partial charge in [0, 0.05) is 24.2 Å². The molecule has 0 aliphatic rings. The summed E-state index contributed by atoms with van der Waals surface area (Å²) in [5.74, 6) is 0. The SMILES string of the molecule is C(=NNc1ccc(-c2cn3ncccc3n2)cc1)c1ccncc1. The van der Waals surface area contributed by atoms with Crippen molar-refractivity contribution in [1.29, 1.82) is 0 Å². The van der Waals surface area contributed by atoms with Gasteiger partial charge in [-0.05, 0) is 42.0 Å². The minimum atomic E-state index is 0.830. The highest BCUT2D eigenvalue weighted by Gasteiger charge is 2.04. The smallest absolute Gasteiger partial charge is 0.154 e. The molecule has 4 aromatic rings. The van der Waals surface area contributed by atoms with Crippen LogP contribution in [0.4, 0.5) is 5.69 Å². The highest BCUT2D eigenvalue weighted by Crippen LogP contribution is 2.20. The monoisotopic (exact) mass is 314 g/mol. The fraction of sp³-hybridized carbons (Fsp3) is 0. The van der Waals surface area contributed by atoms with Crippen molar-refractivity contribution >= 4 is 17.5 Å². The van der Waals surface area contributed by atoms with E-state index < -0.39 is 0 Å². The zero-order chi connectivity index (χ0) is 16.2. The minimum Gasteiger partial charge on any atom is -0.279 e. The van der Waals surface area contributed by atoms with Crippen LogP contribution in [0.25, 0.3) is 16.9 Å². The van der Waals surface area contributed by atoms with Gasteiger partial charge in [0.15, 0.2) is 5.65 Å². The number of aromatic nitrogens is 4. The molecule has 0 saturated carbocycles. The molecular weight excluding hydrogens is 300 g/mol. The summed E-state index contributed by atoms with van der Waals surface area (Å²) in [4.78, 5) is 8.53. The third kappa shape index (κ3) is 2.98. The average Bonchev–Trinajstić information content (AvgIpc) is 3.07. The number of hydrogen-bond acceptors (Lipinski definition) is 5. The molecule has 24 heavy (non-hydrogen) atoms. The summed E-state index contributed by atoms with van der Waals surface area (Å²) in [6.45, 7) is 0. The lowest BCUT2D eigenvalue weighted by molar-refractivity contribution is 0.936. The molecule has 0 aliphatic carbocycles. The Morgan fingerprint density at radius 2 is 1.79 bits per heavy atom. The zero-order valence-electron chi connectivity index (χ0n) is 12.7. The number of imidazole rings is 1. The van der Waals surface area contributed by atoms with Crippen molar-refractivity contribution in [2.75, 3.05) is 5.43 Å². The van der Waals surface area contributed by atoms with Crippen molar-refractivity contribution in [2.45, 2.75) is 0 Å². The Morgan fingerprint density at radius 1 is 0.958 bits per heavy atom. The Labute approximate surface area is 138 Å². The molecule has 0 spiro atoms. The summed E-state index contributed by atoms with van der Waals surface area (Å²) in [5.41, 5.74) is 7.66. The predicted octanol–water partition coefficient (Wildman–Crippen LogP) is 3.24. The van der Waals surface area contributed by atoms with E-state index in [4.69, 9.17) is 0 Å². The van der Waals surface area contributed by atoms with Gasteiger partial charge in [-0.2, -0.15) is 10.2 Å². The van der Waals surface area contributed by atoms with Crippen molar-refractivity contribution in [1.82, 2.24) is 19.6 Å². The number of rotatable bonds is 4. The first kappa shape index (κ1) is 14.1. The van der Waals surface area contributed by atoms with Crippen LogP contribution in [0.3, 0.4) is 0 Å². The van der Waals surface area contributed by atoms with E-state index in [-0.39, 0.29) is 0 Å². The van der Waals surface area contributed by atoms with Gasteiger partial charge in [-0.3, -0.25) is 10.4 Å². The first-order valence-corrected chi connectivity index (χ1v) is 7.48. The lowest BCUT2D eigenvalue weighted by Crippen LogP contribution is -1.90. The molecule has 0 unspecified atom stereocenters. The maximum Gasteiger partial charge on any atom is 0.154 e. The third-order valence-electron chi connectivity index (χ3n) is 3.53. The molecule has 0 bridgehead atoms. The Morgan fingerprint density at radius 3 is 2.58 bits per heavy atom. The maximum atomic E-state index is 4.56. The first-order valence-electron chi connectivity index (χ1n) is 7.48. The molecule has 0 amide bonds. The number of fused-ring (bicyclic) bond motifs is 1. The summed E-state index contributed by atoms with van der Waals surface area (Å²) in [6, 6.07) is 15.5. The van der Waals surface area contributed by atoms with E-state index in [2.05, 4.69) is 25.6 Å². The van der Waals surface area contributed by atoms with Crippen LogP contribution in [0, 0.1) is 0 Å². The van der Waals surface area contributed by atoms with Gasteiger partial charge in [0.2, 0.25) is 0 Å². The van der Waals surface area contributed by atoms with Gasteiger partial charge in [-0.15, -0.1) is 0 Å². The predicted molar refractivity (Wildman–Crippen MR) is 93.9 cm³/mol. The summed E-state index contributed by atoms with van der Waals surface area (Å²) in [6.07, 6.45) is 8.88. The molecule has 0 aliphatic heterocycles. The number of hydrazone groups is 1. The van der Waals surface area contributed by atoms with Gasteiger partial charge in [-0.25, -0.2) is 9.50 Å². The fourth-order valence-electron chi connectivity index (χ4n) is 2.32. The molecule has 0 radical (unpaired) electrons. The van der Waals surface area contributed by atoms with E-state index in [0.717, 1.165) is 28.2 Å². The number of benzene rings is 1. The largest absolute Gasteiger partial charge is 0.279 e. The van der Waals surface area contributed by atoms with Gasteiger partial charge in [0.05, 0.1) is 23.8 Å². The van der Waals surface area contributed by atoms with Gasteiger partial charge in [0.25, 0.3) is 0 Å². The Balaban J connectivity index is 1.49. The van der Waals surface area contributed by atoms with Crippen LogP contribution in [0.5, 0.6) is 0 Å². The van der Waals surface area contributed by atoms with Gasteiger partial charge in [-0.1, -0.05) is 12.1 Å². The lowest BCUT2D eigenvalue weighted by Gasteiger charge is -2.01. The molecule has 0 fully saturated rings. The second kappa shape index (κ2) is 6.29. The molecule has 6 heteroatoms. The van der Waals surface area contributed by atoms with E-state index in [0.29, 0.717) is 0 Å². The molecule has 0 atom stereocenters. The van der Waals surface area contributed by atoms with Crippen LogP contribution >= 0.6 is 0 Å². The maximum absolute atomic E-state index is 4.56. The van der Waals surface area contributed by atoms with Crippen molar-refractivity contribution < 1.29 is 0 Å². The topological polar surface area (TPSA) is 67.5 Å². The summed E-state index contributed by atoms with van der Waals surface area (Å²) < 4.78 is 1.76. The van der Waals surface area contributed by atoms with E-state index in [1.54, 1.807) is 29.3 Å². The first-order chi connectivity index (χ1) is 11.9. The fourth-order valence-corrected chi connectivity index (χ4v) is 2.32. The van der Waals surface area contributed by atoms with Crippen LogP contribution in [-0.4, -0.2) is 25.8 Å². The molecule has 1 aromatic carbocycles. The number of anilines is 1. The molecule has 116 valence electrons. The summed E-state index contributed by atoms with van der Waals surface area (Å²) in [7, 11) is 0. The second-order valence-corrected chi connectivity index (χ2v) is 5.18. The quantitative estimate of drug-likeness (QED) is 0.464. The van der Waals surface area contributed by atoms with Crippen LogP contribution in [-0.2, 0) is 0 Å². The highest BCUT2D eigenvalue weighted by molar-refractivity contribution is 5.79. The molecule has 3 heterocycles. The Hall–Kier alpha value is -3.54. The molecule has 3 aromatic heterocycles. The van der Waals surface area contributed by atoms with Crippen molar-refractivity contribution in [3.05, 3.63) is 78.9 Å². The summed E-state index contributed by atoms with van der Waals surface area (Å²) in [5, 5.41) is 8.45. The van der Waals surface area contributed by atoms with Gasteiger partial charge >= 0.3 is 0 Å². The minimum absolute atomic E-state index is 0.830. The van der Waals surface area contributed by atoms with Crippen LogP contribution in [0.15, 0.2) is 78.4 Å². The van der Waals surface area contributed by atoms with Crippen LogP contribution in [0.2, 0.25) is 0 Å². The Kier molecular flexibility index (Phi) is 3.69. The van der Waals surface area contributed by atoms with E-state index >= 15 is 0 Å². The van der Waals surface area contributed by atoms with E-state index in [1.165, 1.54) is 0 Å². The lowest BCUT2D eigenvalue weighted by atomic mass is 10.1. The van der Waals surface area contributed by atoms with Crippen molar-refractivity contribution in [3.8, 4) is 11.3 Å². The van der Waals surface area contributed by atoms with Crippen molar-refractivity contribution in [3.63, 3.8) is 0 Å². The van der Waals surface area contributed by atoms with Crippen LogP contribution in [0.1, 0.15) is 5.56 Å². The number of pyridine rings is 1. The van der Waals surface area contributed by atoms with Gasteiger partial charge in [0.1, 0.15) is 0 Å². The third-order valence-corrected chi connectivity index (χ3v) is 3.53. The standard InChI is InChI=1S/C18H14N6/c1-2-18-22-17(13-24(18)21-9-1)15-3-5-16(6-4-15)23-20-12-14-7-10-19-11-8-14/h1-13,23H. The van der Waals surface area contributed by atoms with E-state index in [1.807, 2.05) is 54.7 Å². The second-order valence-electron chi connectivity index (χ2n) is 5.18. The number of hydrogen-bond donors (Lipinski definition) is 1. The Bertz CT molecular complexity index is 940. The summed E-state index contributed by atoms with van der Waals surface area (Å²) >= 11 is 0. The molecule has 1 N–H and O–H groups in total. The molecule has 0 saturated heterocycles. The van der Waals surface area contributed by atoms with Gasteiger partial charge < -0.3 is 0 Å². The number of nitrogens with one attached hydrogen (secondary N) is 1. The molecule has 4 rings (SSSR count). The van der Waals surface area contributed by atoms with Crippen molar-refractivity contribution in [2.24, 2.45) is 5.10 Å². The normalized spacial score (nSPS) is 11.2.